The van der Waals surface area contributed by atoms with Gasteiger partial charge in [0, 0.05) is 9.86 Å². The monoisotopic (exact) mass is 339 g/mol. The van der Waals surface area contributed by atoms with Crippen LogP contribution >= 0.6 is 15.9 Å². The average Bonchev–Trinajstić information content (AvgIpc) is 2.78. The van der Waals surface area contributed by atoms with Crippen LogP contribution in [0.2, 0.25) is 0 Å². The van der Waals surface area contributed by atoms with Gasteiger partial charge in [0.1, 0.15) is 11.3 Å². The molecule has 2 N–H and O–H groups in total. The van der Waals surface area contributed by atoms with Gasteiger partial charge in [0.15, 0.2) is 5.54 Å². The normalized spacial score (nSPS) is 14.7. The smallest absolute Gasteiger partial charge is 0.331 e. The molecule has 20 heavy (non-hydrogen) atoms. The van der Waals surface area contributed by atoms with E-state index < -0.39 is 11.5 Å². The molecule has 5 heteroatoms. The lowest BCUT2D eigenvalue weighted by atomic mass is 9.98. The Morgan fingerprint density at radius 3 is 2.75 bits per heavy atom. The van der Waals surface area contributed by atoms with Crippen molar-refractivity contribution in [2.75, 3.05) is 6.54 Å². The number of benzene rings is 1. The fourth-order valence-electron chi connectivity index (χ4n) is 1.94. The maximum atomic E-state index is 11.6. The molecule has 0 radical (unpaired) electrons. The van der Waals surface area contributed by atoms with Crippen molar-refractivity contribution < 1.29 is 14.3 Å². The molecule has 0 bridgehead atoms. The van der Waals surface area contributed by atoms with E-state index in [4.69, 9.17) is 4.42 Å². The number of hydrogen-bond donors (Lipinski definition) is 2. The Labute approximate surface area is 126 Å². The molecule has 1 unspecified atom stereocenters. The van der Waals surface area contributed by atoms with Crippen LogP contribution in [0.5, 0.6) is 0 Å². The lowest BCUT2D eigenvalue weighted by Gasteiger charge is -2.25. The van der Waals surface area contributed by atoms with Crippen LogP contribution in [0, 0.1) is 5.92 Å². The fourth-order valence-corrected chi connectivity index (χ4v) is 2.32. The van der Waals surface area contributed by atoms with E-state index in [-0.39, 0.29) is 0 Å². The number of halogens is 1. The number of carbonyl (C=O) groups is 1. The van der Waals surface area contributed by atoms with Gasteiger partial charge in [-0.15, -0.1) is 0 Å². The highest BCUT2D eigenvalue weighted by atomic mass is 79.9. The quantitative estimate of drug-likeness (QED) is 0.870. The number of hydrogen-bond acceptors (Lipinski definition) is 3. The second-order valence-electron chi connectivity index (χ2n) is 5.50. The van der Waals surface area contributed by atoms with Gasteiger partial charge in [0.05, 0.1) is 0 Å². The Hall–Kier alpha value is -1.33. The summed E-state index contributed by atoms with van der Waals surface area (Å²) in [4.78, 5) is 11.6. The molecule has 2 rings (SSSR count). The number of nitrogens with one attached hydrogen (secondary N) is 1. The Morgan fingerprint density at radius 1 is 1.45 bits per heavy atom. The van der Waals surface area contributed by atoms with Crippen molar-refractivity contribution in [1.82, 2.24) is 5.32 Å². The predicted molar refractivity (Wildman–Crippen MR) is 81.7 cm³/mol. The molecule has 1 aromatic heterocycles. The number of carboxylic acid groups (broad SMARTS) is 1. The second-order valence-corrected chi connectivity index (χ2v) is 6.41. The van der Waals surface area contributed by atoms with E-state index in [1.165, 1.54) is 0 Å². The van der Waals surface area contributed by atoms with Gasteiger partial charge in [0.25, 0.3) is 0 Å². The number of carboxylic acids is 1. The lowest BCUT2D eigenvalue weighted by Crippen LogP contribution is -2.47. The van der Waals surface area contributed by atoms with Crippen LogP contribution in [0.3, 0.4) is 0 Å². The molecule has 108 valence electrons. The second kappa shape index (κ2) is 5.58. The number of aliphatic carboxylic acids is 1. The Morgan fingerprint density at radius 2 is 2.15 bits per heavy atom. The first kappa shape index (κ1) is 15.1. The molecule has 0 fully saturated rings. The van der Waals surface area contributed by atoms with Gasteiger partial charge in [-0.3, -0.25) is 5.32 Å². The Bertz CT molecular complexity index is 635. The highest BCUT2D eigenvalue weighted by Crippen LogP contribution is 2.30. The van der Waals surface area contributed by atoms with E-state index in [0.29, 0.717) is 23.8 Å². The zero-order valence-electron chi connectivity index (χ0n) is 11.7. The van der Waals surface area contributed by atoms with Crippen LogP contribution in [0.25, 0.3) is 11.0 Å². The summed E-state index contributed by atoms with van der Waals surface area (Å²) in [5, 5.41) is 13.5. The maximum absolute atomic E-state index is 11.6. The summed E-state index contributed by atoms with van der Waals surface area (Å²) in [5.74, 6) is -0.179. The summed E-state index contributed by atoms with van der Waals surface area (Å²) in [6.45, 7) is 6.30. The summed E-state index contributed by atoms with van der Waals surface area (Å²) in [6.07, 6.45) is 0. The zero-order valence-corrected chi connectivity index (χ0v) is 13.3. The number of furan rings is 1. The first-order valence-electron chi connectivity index (χ1n) is 6.51. The van der Waals surface area contributed by atoms with Gasteiger partial charge in [-0.25, -0.2) is 4.79 Å². The van der Waals surface area contributed by atoms with Gasteiger partial charge in [-0.2, -0.15) is 0 Å². The molecule has 0 saturated carbocycles. The SMILES string of the molecule is CC(C)CNC(C)(C(=O)O)c1cc2cc(Br)ccc2o1. The third-order valence-corrected chi connectivity index (χ3v) is 3.76. The maximum Gasteiger partial charge on any atom is 0.331 e. The molecule has 0 aliphatic rings. The third kappa shape index (κ3) is 2.88. The highest BCUT2D eigenvalue weighted by molar-refractivity contribution is 9.10. The van der Waals surface area contributed by atoms with Gasteiger partial charge >= 0.3 is 5.97 Å². The van der Waals surface area contributed by atoms with Crippen LogP contribution in [0.15, 0.2) is 33.2 Å². The summed E-state index contributed by atoms with van der Waals surface area (Å²) in [5.41, 5.74) is -0.544. The van der Waals surface area contributed by atoms with E-state index in [1.807, 2.05) is 32.0 Å². The lowest BCUT2D eigenvalue weighted by molar-refractivity contribution is -0.145. The van der Waals surface area contributed by atoms with E-state index in [1.54, 1.807) is 13.0 Å². The van der Waals surface area contributed by atoms with Crippen LogP contribution in [-0.2, 0) is 10.3 Å². The van der Waals surface area contributed by atoms with Crippen molar-refractivity contribution in [3.8, 4) is 0 Å². The predicted octanol–water partition coefficient (Wildman–Crippen LogP) is 3.74. The first-order valence-corrected chi connectivity index (χ1v) is 7.30. The van der Waals surface area contributed by atoms with Crippen molar-refractivity contribution in [3.63, 3.8) is 0 Å². The Balaban J connectivity index is 2.43. The molecule has 0 aliphatic heterocycles. The molecule has 0 amide bonds. The molecule has 0 aliphatic carbocycles. The number of fused-ring (bicyclic) bond motifs is 1. The molecule has 0 spiro atoms. The standard InChI is InChI=1S/C15H18BrNO3/c1-9(2)8-17-15(3,14(18)19)13-7-10-6-11(16)4-5-12(10)20-13/h4-7,9,17H,8H2,1-3H3,(H,18,19). The molecule has 0 saturated heterocycles. The van der Waals surface area contributed by atoms with Gasteiger partial charge in [-0.1, -0.05) is 29.8 Å². The molecular weight excluding hydrogens is 322 g/mol. The largest absolute Gasteiger partial charge is 0.480 e. The molecule has 1 heterocycles. The van der Waals surface area contributed by atoms with Crippen molar-refractivity contribution in [2.24, 2.45) is 5.92 Å². The summed E-state index contributed by atoms with van der Waals surface area (Å²) >= 11 is 3.40. The van der Waals surface area contributed by atoms with E-state index in [0.717, 1.165) is 9.86 Å². The molecule has 4 nitrogen and oxygen atoms in total. The van der Waals surface area contributed by atoms with Crippen molar-refractivity contribution in [3.05, 3.63) is 34.5 Å². The topological polar surface area (TPSA) is 62.5 Å². The summed E-state index contributed by atoms with van der Waals surface area (Å²) in [6, 6.07) is 7.39. The molecule has 1 atom stereocenters. The van der Waals surface area contributed by atoms with Crippen LogP contribution in [0.1, 0.15) is 26.5 Å². The summed E-state index contributed by atoms with van der Waals surface area (Å²) in [7, 11) is 0. The van der Waals surface area contributed by atoms with Crippen LogP contribution < -0.4 is 5.32 Å². The molecule has 2 aromatic rings. The first-order chi connectivity index (χ1) is 9.33. The van der Waals surface area contributed by atoms with Crippen molar-refractivity contribution >= 4 is 32.9 Å². The molecular formula is C15H18BrNO3. The van der Waals surface area contributed by atoms with E-state index >= 15 is 0 Å². The summed E-state index contributed by atoms with van der Waals surface area (Å²) < 4.78 is 6.65. The van der Waals surface area contributed by atoms with Gasteiger partial charge in [0.2, 0.25) is 0 Å². The van der Waals surface area contributed by atoms with Crippen molar-refractivity contribution in [1.29, 1.82) is 0 Å². The van der Waals surface area contributed by atoms with E-state index in [2.05, 4.69) is 21.2 Å². The highest BCUT2D eigenvalue weighted by Gasteiger charge is 2.38. The van der Waals surface area contributed by atoms with Crippen LogP contribution in [0.4, 0.5) is 0 Å². The van der Waals surface area contributed by atoms with Crippen molar-refractivity contribution in [2.45, 2.75) is 26.3 Å². The van der Waals surface area contributed by atoms with E-state index in [9.17, 15) is 9.90 Å². The van der Waals surface area contributed by atoms with Gasteiger partial charge in [-0.05, 0) is 43.7 Å². The average molecular weight is 340 g/mol. The minimum Gasteiger partial charge on any atom is -0.480 e. The third-order valence-electron chi connectivity index (χ3n) is 3.26. The number of rotatable bonds is 5. The minimum absolute atomic E-state index is 0.354. The van der Waals surface area contributed by atoms with Gasteiger partial charge < -0.3 is 9.52 Å². The van der Waals surface area contributed by atoms with Crippen LogP contribution in [-0.4, -0.2) is 17.6 Å². The Kier molecular flexibility index (Phi) is 4.20. The zero-order chi connectivity index (χ0) is 14.9. The minimum atomic E-state index is -1.23. The molecule has 1 aromatic carbocycles. The fraction of sp³-hybridized carbons (Fsp3) is 0.400.